The summed E-state index contributed by atoms with van der Waals surface area (Å²) in [6, 6.07) is 7.91. The second-order valence-corrected chi connectivity index (χ2v) is 4.85. The molecule has 4 heteroatoms. The first-order valence-corrected chi connectivity index (χ1v) is 6.67. The topological polar surface area (TPSA) is 50.7 Å². The lowest BCUT2D eigenvalue weighted by atomic mass is 10.1. The number of anilines is 1. The van der Waals surface area contributed by atoms with Crippen molar-refractivity contribution in [3.63, 3.8) is 0 Å². The molecule has 19 heavy (non-hydrogen) atoms. The maximum atomic E-state index is 4.61. The third-order valence-electron chi connectivity index (χ3n) is 2.81. The van der Waals surface area contributed by atoms with Gasteiger partial charge < -0.3 is 5.32 Å². The van der Waals surface area contributed by atoms with Gasteiger partial charge in [0.2, 0.25) is 0 Å². The van der Waals surface area contributed by atoms with Crippen molar-refractivity contribution in [3.8, 4) is 11.5 Å². The minimum atomic E-state index is 0.365. The molecule has 2 rings (SSSR count). The van der Waals surface area contributed by atoms with E-state index < -0.39 is 0 Å². The Balaban J connectivity index is 2.49. The monoisotopic (exact) mass is 256 g/mol. The van der Waals surface area contributed by atoms with Crippen molar-refractivity contribution in [1.82, 2.24) is 15.0 Å². The zero-order chi connectivity index (χ0) is 13.8. The van der Waals surface area contributed by atoms with Crippen LogP contribution in [-0.2, 0) is 0 Å². The Bertz CT molecular complexity index is 564. The van der Waals surface area contributed by atoms with Gasteiger partial charge in [0.1, 0.15) is 11.5 Å². The summed E-state index contributed by atoms with van der Waals surface area (Å²) in [5, 5.41) is 3.25. The second-order valence-electron chi connectivity index (χ2n) is 4.85. The largest absolute Gasteiger partial charge is 0.370 e. The first-order valence-electron chi connectivity index (χ1n) is 6.67. The lowest BCUT2D eigenvalue weighted by Gasteiger charge is -2.11. The van der Waals surface area contributed by atoms with E-state index in [4.69, 9.17) is 0 Å². The lowest BCUT2D eigenvalue weighted by Crippen LogP contribution is -2.05. The highest BCUT2D eigenvalue weighted by Crippen LogP contribution is 2.20. The van der Waals surface area contributed by atoms with E-state index in [1.54, 1.807) is 0 Å². The first-order chi connectivity index (χ1) is 9.10. The van der Waals surface area contributed by atoms with Crippen LogP contribution in [0.15, 0.2) is 24.3 Å². The zero-order valence-electron chi connectivity index (χ0n) is 11.9. The van der Waals surface area contributed by atoms with Gasteiger partial charge in [-0.05, 0) is 31.9 Å². The van der Waals surface area contributed by atoms with Crippen LogP contribution in [0.3, 0.4) is 0 Å². The predicted octanol–water partition coefficient (Wildman–Crippen LogP) is 3.40. The minimum absolute atomic E-state index is 0.365. The molecule has 0 spiro atoms. The maximum Gasteiger partial charge on any atom is 0.180 e. The van der Waals surface area contributed by atoms with Gasteiger partial charge in [0.25, 0.3) is 0 Å². The number of pyridine rings is 1. The Morgan fingerprint density at radius 3 is 2.58 bits per heavy atom. The van der Waals surface area contributed by atoms with Crippen LogP contribution in [-0.4, -0.2) is 21.5 Å². The third kappa shape index (κ3) is 3.28. The standard InChI is InChI=1S/C15H20N4/c1-5-16-14-9-13(10(2)3)18-15(19-14)12-8-6-7-11(4)17-12/h6-10H,5H2,1-4H3,(H,16,18,19). The number of rotatable bonds is 4. The zero-order valence-corrected chi connectivity index (χ0v) is 11.9. The molecular weight excluding hydrogens is 236 g/mol. The molecule has 0 aliphatic carbocycles. The Kier molecular flexibility index (Phi) is 4.10. The van der Waals surface area contributed by atoms with Gasteiger partial charge in [-0.25, -0.2) is 15.0 Å². The lowest BCUT2D eigenvalue weighted by molar-refractivity contribution is 0.815. The van der Waals surface area contributed by atoms with Gasteiger partial charge in [0.05, 0.1) is 0 Å². The Hall–Kier alpha value is -1.97. The Morgan fingerprint density at radius 1 is 1.16 bits per heavy atom. The van der Waals surface area contributed by atoms with E-state index in [2.05, 4.69) is 41.0 Å². The van der Waals surface area contributed by atoms with Gasteiger partial charge in [-0.3, -0.25) is 0 Å². The van der Waals surface area contributed by atoms with Crippen molar-refractivity contribution in [3.05, 3.63) is 35.7 Å². The number of hydrogen-bond donors (Lipinski definition) is 1. The van der Waals surface area contributed by atoms with E-state index in [0.29, 0.717) is 11.7 Å². The predicted molar refractivity (Wildman–Crippen MR) is 78.3 cm³/mol. The van der Waals surface area contributed by atoms with E-state index in [1.807, 2.05) is 31.2 Å². The number of nitrogens with zero attached hydrogens (tertiary/aromatic N) is 3. The molecule has 2 heterocycles. The van der Waals surface area contributed by atoms with Crippen LogP contribution in [0.1, 0.15) is 38.1 Å². The molecule has 0 unspecified atom stereocenters. The average Bonchev–Trinajstić information content (AvgIpc) is 2.38. The fourth-order valence-corrected chi connectivity index (χ4v) is 1.82. The maximum absolute atomic E-state index is 4.61. The smallest absolute Gasteiger partial charge is 0.180 e. The molecule has 0 aliphatic heterocycles. The van der Waals surface area contributed by atoms with Crippen LogP contribution >= 0.6 is 0 Å². The Morgan fingerprint density at radius 2 is 1.95 bits per heavy atom. The van der Waals surface area contributed by atoms with E-state index in [-0.39, 0.29) is 0 Å². The molecule has 0 amide bonds. The summed E-state index contributed by atoms with van der Waals surface area (Å²) >= 11 is 0. The molecule has 100 valence electrons. The van der Waals surface area contributed by atoms with Crippen LogP contribution < -0.4 is 5.32 Å². The van der Waals surface area contributed by atoms with E-state index in [1.165, 1.54) is 0 Å². The molecule has 0 saturated carbocycles. The van der Waals surface area contributed by atoms with Crippen LogP contribution in [0.4, 0.5) is 5.82 Å². The van der Waals surface area contributed by atoms with Gasteiger partial charge in [0, 0.05) is 24.0 Å². The number of aryl methyl sites for hydroxylation is 1. The van der Waals surface area contributed by atoms with Crippen molar-refractivity contribution in [2.45, 2.75) is 33.6 Å². The SMILES string of the molecule is CCNc1cc(C(C)C)nc(-c2cccc(C)n2)n1. The quantitative estimate of drug-likeness (QED) is 0.910. The summed E-state index contributed by atoms with van der Waals surface area (Å²) in [6.07, 6.45) is 0. The summed E-state index contributed by atoms with van der Waals surface area (Å²) in [5.74, 6) is 1.91. The Labute approximate surface area is 114 Å². The van der Waals surface area contributed by atoms with E-state index >= 15 is 0 Å². The second kappa shape index (κ2) is 5.78. The first kappa shape index (κ1) is 13.5. The van der Waals surface area contributed by atoms with Crippen LogP contribution in [0.5, 0.6) is 0 Å². The average molecular weight is 256 g/mol. The minimum Gasteiger partial charge on any atom is -0.370 e. The van der Waals surface area contributed by atoms with Crippen molar-refractivity contribution >= 4 is 5.82 Å². The summed E-state index contributed by atoms with van der Waals surface area (Å²) in [5.41, 5.74) is 2.83. The van der Waals surface area contributed by atoms with Crippen LogP contribution in [0.2, 0.25) is 0 Å². The highest BCUT2D eigenvalue weighted by Gasteiger charge is 2.10. The molecule has 0 bridgehead atoms. The molecule has 0 aliphatic rings. The molecule has 2 aromatic rings. The summed E-state index contributed by atoms with van der Waals surface area (Å²) in [4.78, 5) is 13.6. The van der Waals surface area contributed by atoms with Crippen molar-refractivity contribution in [2.24, 2.45) is 0 Å². The highest BCUT2D eigenvalue weighted by molar-refractivity contribution is 5.53. The van der Waals surface area contributed by atoms with Gasteiger partial charge >= 0.3 is 0 Å². The van der Waals surface area contributed by atoms with Gasteiger partial charge in [-0.15, -0.1) is 0 Å². The highest BCUT2D eigenvalue weighted by atomic mass is 15.0. The molecule has 0 fully saturated rings. The number of aromatic nitrogens is 3. The molecule has 0 radical (unpaired) electrons. The summed E-state index contributed by atoms with van der Waals surface area (Å²) in [7, 11) is 0. The molecule has 0 atom stereocenters. The molecular formula is C15H20N4. The normalized spacial score (nSPS) is 10.8. The van der Waals surface area contributed by atoms with Crippen molar-refractivity contribution in [1.29, 1.82) is 0 Å². The summed E-state index contributed by atoms with van der Waals surface area (Å²) < 4.78 is 0. The van der Waals surface area contributed by atoms with Gasteiger partial charge in [-0.2, -0.15) is 0 Å². The fourth-order valence-electron chi connectivity index (χ4n) is 1.82. The molecule has 4 nitrogen and oxygen atoms in total. The van der Waals surface area contributed by atoms with E-state index in [0.717, 1.165) is 29.4 Å². The van der Waals surface area contributed by atoms with Gasteiger partial charge in [-0.1, -0.05) is 19.9 Å². The van der Waals surface area contributed by atoms with Crippen LogP contribution in [0, 0.1) is 6.92 Å². The molecule has 2 aromatic heterocycles. The van der Waals surface area contributed by atoms with Crippen LogP contribution in [0.25, 0.3) is 11.5 Å². The van der Waals surface area contributed by atoms with Gasteiger partial charge in [0.15, 0.2) is 5.82 Å². The number of hydrogen-bond acceptors (Lipinski definition) is 4. The van der Waals surface area contributed by atoms with Crippen molar-refractivity contribution < 1.29 is 0 Å². The van der Waals surface area contributed by atoms with E-state index in [9.17, 15) is 0 Å². The molecule has 1 N–H and O–H groups in total. The van der Waals surface area contributed by atoms with Crippen molar-refractivity contribution in [2.75, 3.05) is 11.9 Å². The number of nitrogens with one attached hydrogen (secondary N) is 1. The third-order valence-corrected chi connectivity index (χ3v) is 2.81. The fraction of sp³-hybridized carbons (Fsp3) is 0.400. The molecule has 0 saturated heterocycles. The summed E-state index contributed by atoms with van der Waals surface area (Å²) in [6.45, 7) is 9.13. The molecule has 0 aromatic carbocycles.